The predicted octanol–water partition coefficient (Wildman–Crippen LogP) is 28.7. The lowest BCUT2D eigenvalue weighted by molar-refractivity contribution is 0.247. The van der Waals surface area contributed by atoms with Gasteiger partial charge in [-0.2, -0.15) is 0 Å². The minimum Gasteiger partial charge on any atom is -0.493 e. The highest BCUT2D eigenvalue weighted by atomic mass is 16.5. The van der Waals surface area contributed by atoms with E-state index in [-0.39, 0.29) is 0 Å². The zero-order chi connectivity index (χ0) is 85.5. The van der Waals surface area contributed by atoms with Gasteiger partial charge in [0.2, 0.25) is 0 Å². The average molecular weight is 1670 g/mol. The number of hydrogen-bond donors (Lipinski definition) is 0. The Balaban J connectivity index is 0.623. The molecule has 0 aliphatic heterocycles. The van der Waals surface area contributed by atoms with Gasteiger partial charge in [-0.3, -0.25) is 18.3 Å². The Morgan fingerprint density at radius 3 is 0.760 bits per heavy atom. The summed E-state index contributed by atoms with van der Waals surface area (Å²) in [5.41, 5.74) is 22.2. The van der Waals surface area contributed by atoms with Gasteiger partial charge >= 0.3 is 0 Å². The molecule has 0 bridgehead atoms. The Bertz CT molecular complexity index is 8060. The smallest absolute Gasteiger partial charge is 0.187 e. The summed E-state index contributed by atoms with van der Waals surface area (Å²) >= 11 is 0. The number of rotatable bonds is 20. The van der Waals surface area contributed by atoms with Crippen LogP contribution in [0, 0.1) is 20.4 Å². The number of fused-ring (bicyclic) bond motifs is 21. The Morgan fingerprint density at radius 2 is 0.473 bits per heavy atom. The van der Waals surface area contributed by atoms with E-state index in [1.165, 1.54) is 0 Å². The summed E-state index contributed by atoms with van der Waals surface area (Å²) in [7, 11) is 0. The molecular weight excluding hydrogens is 1590 g/mol. The number of pyridine rings is 2. The molecule has 0 spiro atoms. The summed E-state index contributed by atoms with van der Waals surface area (Å²) in [6.07, 6.45) is 1.13. The molecule has 0 amide bonds. The first-order valence-electron chi connectivity index (χ1n) is 44.0. The van der Waals surface area contributed by atoms with Crippen molar-refractivity contribution < 1.29 is 18.9 Å². The van der Waals surface area contributed by atoms with Crippen molar-refractivity contribution in [2.75, 3.05) is 26.4 Å². The van der Waals surface area contributed by atoms with Gasteiger partial charge in [-0.25, -0.2) is 14.8 Å². The van der Waals surface area contributed by atoms with Crippen LogP contribution in [0.25, 0.3) is 209 Å². The Labute approximate surface area is 740 Å². The number of nitrogens with zero attached hydrogens (tertiary/aromatic N) is 10. The first-order valence-corrected chi connectivity index (χ1v) is 44.0. The van der Waals surface area contributed by atoms with Gasteiger partial charge in [0.05, 0.1) is 127 Å². The second kappa shape index (κ2) is 30.2. The number of para-hydroxylation sites is 12. The summed E-state index contributed by atoms with van der Waals surface area (Å²) in [5, 5.41) is 15.7. The molecule has 0 aliphatic rings. The molecule has 9 heterocycles. The fraction of sp³-hybridized carbons (Fsp3) is 0.0696. The van der Waals surface area contributed by atoms with Crippen molar-refractivity contribution in [3.63, 3.8) is 0 Å². The fourth-order valence-electron chi connectivity index (χ4n) is 20.6. The van der Waals surface area contributed by atoms with Gasteiger partial charge in [-0.15, -0.1) is 0 Å². The van der Waals surface area contributed by atoms with Crippen LogP contribution in [0.2, 0.25) is 0 Å². The largest absolute Gasteiger partial charge is 0.493 e. The molecular formula is C115H80N10O4. The van der Waals surface area contributed by atoms with Gasteiger partial charge in [-0.05, 0) is 146 Å². The van der Waals surface area contributed by atoms with Crippen molar-refractivity contribution >= 4 is 158 Å². The third-order valence-electron chi connectivity index (χ3n) is 26.2. The van der Waals surface area contributed by atoms with Crippen molar-refractivity contribution in [3.8, 4) is 74.5 Å². The summed E-state index contributed by atoms with van der Waals surface area (Å²) in [5.74, 6) is 5.80. The maximum atomic E-state index is 8.51. The van der Waals surface area contributed by atoms with Crippen LogP contribution in [-0.2, 0) is 0 Å². The van der Waals surface area contributed by atoms with Gasteiger partial charge in [0.15, 0.2) is 5.69 Å². The lowest BCUT2D eigenvalue weighted by Crippen LogP contribution is -2.14. The molecule has 0 unspecified atom stereocenters. The van der Waals surface area contributed by atoms with E-state index in [9.17, 15) is 0 Å². The van der Waals surface area contributed by atoms with Crippen molar-refractivity contribution in [1.82, 2.24) is 41.9 Å². The Morgan fingerprint density at radius 1 is 0.225 bits per heavy atom. The molecule has 614 valence electrons. The van der Waals surface area contributed by atoms with Gasteiger partial charge in [0.1, 0.15) is 46.3 Å². The first kappa shape index (κ1) is 74.7. The van der Waals surface area contributed by atoms with Crippen LogP contribution in [0.15, 0.2) is 376 Å². The standard InChI is InChI=1S/C115H80N10O4/c1-72-73(2)113(123-102-53-24-12-41-88(102)89-42-13-25-54-103(89)123)115(114(112(72)74-31-28-32-75(65-74)116-3)124-104-55-26-14-43-90(104)91-44-15-27-56-105(91)124)125-106-59-57-76(126-61-29-63-128-78-68-108(119-94-45-16-4-33-80(94)81-34-5-17-46-95(81)119)117-109(69-78)120-96-47-18-6-35-82(96)83-36-7-19-48-97(83)120)66-92(106)93-67-77(58-60-107(93)125)127-62-30-64-129-79-70-110(121-98-49-20-8-37-84(98)85-38-9-21-50-99(85)121)118-111(71-79)122-100-51-22-10-39-86(100)87-40-11-23-52-101(87)122/h4-28,31-60,65-71H,29-30,61-64H2,1-2H3. The Hall–Kier alpha value is -16.9. The summed E-state index contributed by atoms with van der Waals surface area (Å²) < 4.78 is 44.6. The van der Waals surface area contributed by atoms with Crippen molar-refractivity contribution in [2.24, 2.45) is 0 Å². The highest BCUT2D eigenvalue weighted by Gasteiger charge is 2.33. The highest BCUT2D eigenvalue weighted by molar-refractivity contribution is 6.18. The lowest BCUT2D eigenvalue weighted by atomic mass is 9.91. The monoisotopic (exact) mass is 1660 g/mol. The fourth-order valence-corrected chi connectivity index (χ4v) is 20.6. The second-order valence-electron chi connectivity index (χ2n) is 33.4. The molecule has 0 saturated heterocycles. The highest BCUT2D eigenvalue weighted by Crippen LogP contribution is 2.51. The minimum absolute atomic E-state index is 0.355. The third kappa shape index (κ3) is 11.9. The molecule has 9 aromatic heterocycles. The van der Waals surface area contributed by atoms with E-state index >= 15 is 0 Å². The lowest BCUT2D eigenvalue weighted by Gasteiger charge is -2.28. The van der Waals surface area contributed by atoms with Crippen molar-refractivity contribution in [3.05, 3.63) is 399 Å². The number of aromatic nitrogens is 9. The van der Waals surface area contributed by atoms with Crippen LogP contribution in [-0.4, -0.2) is 68.4 Å². The summed E-state index contributed by atoms with van der Waals surface area (Å²) in [6, 6.07) is 133. The van der Waals surface area contributed by atoms with Crippen molar-refractivity contribution in [1.29, 1.82) is 0 Å². The molecule has 0 radical (unpaired) electrons. The second-order valence-corrected chi connectivity index (χ2v) is 33.4. The van der Waals surface area contributed by atoms with E-state index < -0.39 is 0 Å². The zero-order valence-electron chi connectivity index (χ0n) is 70.6. The minimum atomic E-state index is 0.355. The van der Waals surface area contributed by atoms with E-state index in [0.717, 1.165) is 215 Å². The van der Waals surface area contributed by atoms with E-state index in [0.29, 0.717) is 68.0 Å². The first-order chi connectivity index (χ1) is 63.8. The molecule has 0 aliphatic carbocycles. The average Bonchev–Trinajstić information content (AvgIpc) is 1.53. The van der Waals surface area contributed by atoms with Gasteiger partial charge in [-0.1, -0.05) is 237 Å². The summed E-state index contributed by atoms with van der Waals surface area (Å²) in [4.78, 5) is 15.2. The zero-order valence-corrected chi connectivity index (χ0v) is 70.6. The molecule has 14 heteroatoms. The van der Waals surface area contributed by atoms with Gasteiger partial charge in [0, 0.05) is 118 Å². The molecule has 0 N–H and O–H groups in total. The van der Waals surface area contributed by atoms with Crippen LogP contribution >= 0.6 is 0 Å². The molecule has 25 rings (SSSR count). The van der Waals surface area contributed by atoms with Gasteiger partial charge < -0.3 is 32.6 Å². The maximum absolute atomic E-state index is 8.51. The van der Waals surface area contributed by atoms with E-state index in [1.807, 2.05) is 12.1 Å². The molecule has 14 nitrogen and oxygen atoms in total. The van der Waals surface area contributed by atoms with Gasteiger partial charge in [0.25, 0.3) is 0 Å². The van der Waals surface area contributed by atoms with Crippen LogP contribution in [0.1, 0.15) is 24.0 Å². The van der Waals surface area contributed by atoms with Crippen LogP contribution in [0.5, 0.6) is 23.0 Å². The SMILES string of the molecule is [C-]#[N+]c1cccc(-c2c(C)c(C)c(-n3c4ccccc4c4ccccc43)c(-n3c4ccc(OCCCOc5cc(-n6c7ccccc7c7ccccc76)nc(-n6c7ccccc7c7ccccc76)c5)cc4c4cc(OCCCOc5cc(-n6c7ccccc7c7ccccc76)nc(-n6c7ccccc7c7ccccc76)c5)ccc43)c2-n2c3ccccc3c3ccccc32)c1. The molecule has 16 aromatic carbocycles. The van der Waals surface area contributed by atoms with E-state index in [4.69, 9.17) is 35.5 Å². The summed E-state index contributed by atoms with van der Waals surface area (Å²) in [6.45, 7) is 14.5. The van der Waals surface area contributed by atoms with E-state index in [2.05, 4.69) is 415 Å². The maximum Gasteiger partial charge on any atom is 0.187 e. The molecule has 25 aromatic rings. The van der Waals surface area contributed by atoms with E-state index in [1.54, 1.807) is 0 Å². The normalized spacial score (nSPS) is 12.0. The Kier molecular flexibility index (Phi) is 17.5. The molecule has 0 fully saturated rings. The quantitative estimate of drug-likeness (QED) is 0.0556. The number of hydrogen-bond acceptors (Lipinski definition) is 6. The predicted molar refractivity (Wildman–Crippen MR) is 528 cm³/mol. The third-order valence-corrected chi connectivity index (χ3v) is 26.2. The molecule has 129 heavy (non-hydrogen) atoms. The number of benzene rings is 16. The molecule has 0 atom stereocenters. The molecule has 0 saturated carbocycles. The van der Waals surface area contributed by atoms with Crippen LogP contribution < -0.4 is 18.9 Å². The topological polar surface area (TPSA) is 102 Å². The van der Waals surface area contributed by atoms with Crippen LogP contribution in [0.4, 0.5) is 5.69 Å². The van der Waals surface area contributed by atoms with Crippen LogP contribution in [0.3, 0.4) is 0 Å². The number of ether oxygens (including phenoxy) is 4. The van der Waals surface area contributed by atoms with Crippen molar-refractivity contribution in [2.45, 2.75) is 26.7 Å².